The number of halogens is 1. The van der Waals surface area contributed by atoms with E-state index in [1.807, 2.05) is 42.1 Å². The van der Waals surface area contributed by atoms with Gasteiger partial charge in [0.2, 0.25) is 0 Å². The van der Waals surface area contributed by atoms with Crippen molar-refractivity contribution in [3.05, 3.63) is 46.7 Å². The van der Waals surface area contributed by atoms with Crippen molar-refractivity contribution < 1.29 is 0 Å². The second-order valence-electron chi connectivity index (χ2n) is 3.81. The maximum Gasteiger partial charge on any atom is 0.177 e. The maximum atomic E-state index is 4.37. The Kier molecular flexibility index (Phi) is 2.77. The van der Waals surface area contributed by atoms with Gasteiger partial charge in [-0.1, -0.05) is 18.2 Å². The van der Waals surface area contributed by atoms with Crippen LogP contribution in [-0.4, -0.2) is 27.7 Å². The van der Waals surface area contributed by atoms with Gasteiger partial charge in [-0.3, -0.25) is 5.01 Å². The average Bonchev–Trinajstić information content (AvgIpc) is 2.96. The molecule has 1 aromatic heterocycles. The number of aromatic nitrogens is 2. The van der Waals surface area contributed by atoms with E-state index in [9.17, 15) is 0 Å². The Morgan fingerprint density at radius 3 is 2.67 bits per heavy atom. The summed E-state index contributed by atoms with van der Waals surface area (Å²) in [5.41, 5.74) is 7.48. The van der Waals surface area contributed by atoms with Gasteiger partial charge in [0.25, 0.3) is 0 Å². The highest BCUT2D eigenvalue weighted by Crippen LogP contribution is 2.22. The summed E-state index contributed by atoms with van der Waals surface area (Å²) in [6.07, 6.45) is 1.78. The third-order valence-electron chi connectivity index (χ3n) is 2.65. The summed E-state index contributed by atoms with van der Waals surface area (Å²) in [7, 11) is 1.88. The van der Waals surface area contributed by atoms with Gasteiger partial charge in [0.05, 0.1) is 17.4 Å². The number of hydrazone groups is 1. The third-order valence-corrected chi connectivity index (χ3v) is 3.41. The minimum atomic E-state index is 0.782. The molecule has 0 amide bonds. The average molecular weight is 307 g/mol. The summed E-state index contributed by atoms with van der Waals surface area (Å²) < 4.78 is 2.69. The molecule has 6 nitrogen and oxygen atoms in total. The van der Waals surface area contributed by atoms with Gasteiger partial charge in [0, 0.05) is 7.05 Å². The normalized spacial score (nSPS) is 14.6. The number of nitrogens with zero attached hydrogens (tertiary/aromatic N) is 4. The van der Waals surface area contributed by atoms with Gasteiger partial charge in [-0.25, -0.2) is 10.2 Å². The van der Waals surface area contributed by atoms with Crippen molar-refractivity contribution in [3.63, 3.8) is 0 Å². The Hall–Kier alpha value is -1.86. The second kappa shape index (κ2) is 4.43. The van der Waals surface area contributed by atoms with Crippen LogP contribution in [0.3, 0.4) is 0 Å². The van der Waals surface area contributed by atoms with Crippen molar-refractivity contribution in [2.24, 2.45) is 5.10 Å². The molecule has 2 aromatic rings. The van der Waals surface area contributed by atoms with E-state index in [0.717, 1.165) is 21.7 Å². The molecule has 3 rings (SSSR count). The van der Waals surface area contributed by atoms with Crippen LogP contribution in [0.5, 0.6) is 0 Å². The van der Waals surface area contributed by atoms with Crippen LogP contribution in [-0.2, 0) is 0 Å². The Morgan fingerprint density at radius 1 is 1.22 bits per heavy atom. The molecule has 2 heterocycles. The molecule has 0 bridgehead atoms. The molecular formula is C11H11BrN6. The standard InChI is InChI=1S/C11H11BrN6/c1-17-11(14-15-16-17)9-7-13-18(10(9)12)8-5-3-2-4-6-8/h2-7,15-16H,1H3. The zero-order valence-corrected chi connectivity index (χ0v) is 11.2. The fraction of sp³-hybridized carbons (Fsp3) is 0.0909. The first-order valence-corrected chi connectivity index (χ1v) is 6.18. The molecule has 0 fully saturated rings. The lowest BCUT2D eigenvalue weighted by Gasteiger charge is -2.11. The predicted molar refractivity (Wildman–Crippen MR) is 71.8 cm³/mol. The molecule has 7 heteroatoms. The van der Waals surface area contributed by atoms with E-state index >= 15 is 0 Å². The topological polar surface area (TPSA) is 57.5 Å². The van der Waals surface area contributed by atoms with Crippen LogP contribution in [0.2, 0.25) is 0 Å². The summed E-state index contributed by atoms with van der Waals surface area (Å²) >= 11 is 3.56. The quantitative estimate of drug-likeness (QED) is 0.877. The largest absolute Gasteiger partial charge is 0.274 e. The molecule has 0 aliphatic carbocycles. The molecule has 18 heavy (non-hydrogen) atoms. The van der Waals surface area contributed by atoms with Crippen LogP contribution in [0.1, 0.15) is 5.56 Å². The molecule has 0 atom stereocenters. The lowest BCUT2D eigenvalue weighted by atomic mass is 10.3. The highest BCUT2D eigenvalue weighted by atomic mass is 79.9. The number of rotatable bonds is 2. The zero-order chi connectivity index (χ0) is 12.5. The summed E-state index contributed by atoms with van der Waals surface area (Å²) in [6, 6.07) is 9.93. The van der Waals surface area contributed by atoms with Crippen LogP contribution >= 0.6 is 15.9 Å². The fourth-order valence-corrected chi connectivity index (χ4v) is 2.33. The van der Waals surface area contributed by atoms with Crippen molar-refractivity contribution in [2.75, 3.05) is 7.05 Å². The molecule has 0 unspecified atom stereocenters. The summed E-state index contributed by atoms with van der Waals surface area (Å²) in [6.45, 7) is 0. The monoisotopic (exact) mass is 306 g/mol. The maximum absolute atomic E-state index is 4.37. The van der Waals surface area contributed by atoms with Gasteiger partial charge in [-0.2, -0.15) is 5.10 Å². The molecule has 1 aromatic carbocycles. The van der Waals surface area contributed by atoms with Crippen molar-refractivity contribution >= 4 is 21.8 Å². The molecule has 1 aliphatic heterocycles. The SMILES string of the molecule is CN1NNN=C1c1cnn(-c2ccccc2)c1Br. The van der Waals surface area contributed by atoms with E-state index < -0.39 is 0 Å². The number of hydrogen-bond acceptors (Lipinski definition) is 5. The van der Waals surface area contributed by atoms with Crippen LogP contribution in [0, 0.1) is 0 Å². The zero-order valence-electron chi connectivity index (χ0n) is 9.63. The Morgan fingerprint density at radius 2 is 2.00 bits per heavy atom. The van der Waals surface area contributed by atoms with E-state index in [1.165, 1.54) is 0 Å². The van der Waals surface area contributed by atoms with Gasteiger partial charge in [0.15, 0.2) is 5.84 Å². The van der Waals surface area contributed by atoms with E-state index in [-0.39, 0.29) is 0 Å². The Labute approximate surface area is 112 Å². The highest BCUT2D eigenvalue weighted by molar-refractivity contribution is 9.10. The Bertz CT molecular complexity index is 591. The highest BCUT2D eigenvalue weighted by Gasteiger charge is 2.21. The van der Waals surface area contributed by atoms with Gasteiger partial charge in [0.1, 0.15) is 4.60 Å². The molecule has 2 N–H and O–H groups in total. The van der Waals surface area contributed by atoms with Crippen molar-refractivity contribution in [1.29, 1.82) is 0 Å². The first kappa shape index (κ1) is 11.2. The Balaban J connectivity index is 2.03. The summed E-state index contributed by atoms with van der Waals surface area (Å²) in [5, 5.41) is 10.3. The van der Waals surface area contributed by atoms with Gasteiger partial charge < -0.3 is 0 Å². The number of amidine groups is 1. The third kappa shape index (κ3) is 1.77. The van der Waals surface area contributed by atoms with E-state index in [0.29, 0.717) is 0 Å². The van der Waals surface area contributed by atoms with Crippen LogP contribution in [0.15, 0.2) is 46.2 Å². The molecule has 0 spiro atoms. The lowest BCUT2D eigenvalue weighted by molar-refractivity contribution is 0.349. The fourth-order valence-electron chi connectivity index (χ4n) is 1.75. The first-order valence-electron chi connectivity index (χ1n) is 5.39. The van der Waals surface area contributed by atoms with Crippen LogP contribution in [0.4, 0.5) is 0 Å². The van der Waals surface area contributed by atoms with Crippen molar-refractivity contribution in [3.8, 4) is 5.69 Å². The van der Waals surface area contributed by atoms with E-state index in [2.05, 4.69) is 37.2 Å². The second-order valence-corrected chi connectivity index (χ2v) is 4.57. The van der Waals surface area contributed by atoms with Crippen LogP contribution < -0.4 is 11.1 Å². The van der Waals surface area contributed by atoms with Crippen molar-refractivity contribution in [2.45, 2.75) is 0 Å². The number of hydrogen-bond donors (Lipinski definition) is 2. The van der Waals surface area contributed by atoms with Gasteiger partial charge in [-0.15, -0.1) is 10.6 Å². The number of para-hydroxylation sites is 1. The predicted octanol–water partition coefficient (Wildman–Crippen LogP) is 1.25. The molecule has 0 saturated carbocycles. The molecule has 0 saturated heterocycles. The summed E-state index contributed by atoms with van der Waals surface area (Å²) in [4.78, 5) is 0. The van der Waals surface area contributed by atoms with E-state index in [4.69, 9.17) is 0 Å². The molecular weight excluding hydrogens is 296 g/mol. The van der Waals surface area contributed by atoms with Crippen molar-refractivity contribution in [1.82, 2.24) is 25.9 Å². The lowest BCUT2D eigenvalue weighted by Crippen LogP contribution is -2.37. The van der Waals surface area contributed by atoms with E-state index in [1.54, 1.807) is 11.2 Å². The smallest absolute Gasteiger partial charge is 0.177 e. The minimum Gasteiger partial charge on any atom is -0.274 e. The van der Waals surface area contributed by atoms with Gasteiger partial charge >= 0.3 is 0 Å². The number of hydrazine groups is 2. The molecule has 92 valence electrons. The molecule has 1 aliphatic rings. The van der Waals surface area contributed by atoms with Crippen LogP contribution in [0.25, 0.3) is 5.69 Å². The number of nitrogens with one attached hydrogen (secondary N) is 2. The minimum absolute atomic E-state index is 0.782. The first-order chi connectivity index (χ1) is 8.77. The molecule has 0 radical (unpaired) electrons. The summed E-state index contributed by atoms with van der Waals surface area (Å²) in [5.74, 6) is 0.782. The van der Waals surface area contributed by atoms with Gasteiger partial charge in [-0.05, 0) is 28.1 Å². The number of benzene rings is 1.